The van der Waals surface area contributed by atoms with Crippen LogP contribution < -0.4 is 20.7 Å². The fourth-order valence-electron chi connectivity index (χ4n) is 1.80. The summed E-state index contributed by atoms with van der Waals surface area (Å²) in [6.45, 7) is 6.95. The van der Waals surface area contributed by atoms with Crippen molar-refractivity contribution in [2.75, 3.05) is 32.8 Å². The number of amides is 1. The van der Waals surface area contributed by atoms with Gasteiger partial charge in [-0.15, -0.1) is 24.0 Å². The van der Waals surface area contributed by atoms with E-state index in [1.807, 2.05) is 44.2 Å². The standard InChI is InChI=1S/C17H28N4O2.HI/c1-3-11-19-16(22)14-21-17(18-4-2)20-12-8-13-23-15-9-6-5-7-10-15;/h5-7,9-10H,3-4,8,11-14H2,1-2H3,(H,19,22)(H2,18,20,21);1H. The zero-order valence-electron chi connectivity index (χ0n) is 14.5. The molecule has 7 heteroatoms. The number of carbonyl (C=O) groups excluding carboxylic acids is 1. The maximum Gasteiger partial charge on any atom is 0.241 e. The summed E-state index contributed by atoms with van der Waals surface area (Å²) < 4.78 is 5.63. The van der Waals surface area contributed by atoms with Crippen LogP contribution in [0.25, 0.3) is 0 Å². The molecule has 0 aliphatic carbocycles. The van der Waals surface area contributed by atoms with Gasteiger partial charge in [0.1, 0.15) is 12.3 Å². The Labute approximate surface area is 161 Å². The highest BCUT2D eigenvalue weighted by Crippen LogP contribution is 2.07. The number of benzene rings is 1. The van der Waals surface area contributed by atoms with Crippen molar-refractivity contribution in [3.63, 3.8) is 0 Å². The molecule has 1 amide bonds. The molecule has 0 spiro atoms. The lowest BCUT2D eigenvalue weighted by atomic mass is 10.3. The van der Waals surface area contributed by atoms with Crippen molar-refractivity contribution in [2.45, 2.75) is 26.7 Å². The van der Waals surface area contributed by atoms with E-state index in [0.29, 0.717) is 19.1 Å². The maximum absolute atomic E-state index is 11.6. The molecule has 0 aliphatic rings. The van der Waals surface area contributed by atoms with Crippen LogP contribution in [0.4, 0.5) is 0 Å². The van der Waals surface area contributed by atoms with Gasteiger partial charge in [0.15, 0.2) is 5.96 Å². The molecule has 0 saturated heterocycles. The Morgan fingerprint density at radius 2 is 1.83 bits per heavy atom. The van der Waals surface area contributed by atoms with Gasteiger partial charge >= 0.3 is 0 Å². The fraction of sp³-hybridized carbons (Fsp3) is 0.529. The van der Waals surface area contributed by atoms with Crippen molar-refractivity contribution in [2.24, 2.45) is 4.99 Å². The molecule has 0 fully saturated rings. The van der Waals surface area contributed by atoms with Gasteiger partial charge in [-0.3, -0.25) is 4.79 Å². The lowest BCUT2D eigenvalue weighted by Gasteiger charge is -2.11. The number of rotatable bonds is 10. The quantitative estimate of drug-likeness (QED) is 0.222. The van der Waals surface area contributed by atoms with Gasteiger partial charge in [0, 0.05) is 19.6 Å². The molecule has 136 valence electrons. The largest absolute Gasteiger partial charge is 0.494 e. The summed E-state index contributed by atoms with van der Waals surface area (Å²) in [7, 11) is 0. The second-order valence-corrected chi connectivity index (χ2v) is 4.99. The first-order valence-electron chi connectivity index (χ1n) is 8.23. The highest BCUT2D eigenvalue weighted by molar-refractivity contribution is 14.0. The Balaban J connectivity index is 0.00000529. The summed E-state index contributed by atoms with van der Waals surface area (Å²) in [6, 6.07) is 9.74. The minimum absolute atomic E-state index is 0. The van der Waals surface area contributed by atoms with Crippen molar-refractivity contribution in [1.82, 2.24) is 16.0 Å². The highest BCUT2D eigenvalue weighted by Gasteiger charge is 2.01. The first kappa shape index (κ1) is 22.5. The predicted octanol–water partition coefficient (Wildman–Crippen LogP) is 2.15. The number of aliphatic imine (C=N–C) groups is 1. The molecule has 0 aromatic heterocycles. The summed E-state index contributed by atoms with van der Waals surface area (Å²) in [5.41, 5.74) is 0. The fourth-order valence-corrected chi connectivity index (χ4v) is 1.80. The Hall–Kier alpha value is -1.51. The lowest BCUT2D eigenvalue weighted by molar-refractivity contribution is -0.119. The summed E-state index contributed by atoms with van der Waals surface area (Å²) in [5.74, 6) is 1.47. The van der Waals surface area contributed by atoms with Crippen LogP contribution in [0.3, 0.4) is 0 Å². The predicted molar refractivity (Wildman–Crippen MR) is 109 cm³/mol. The molecular formula is C17H29IN4O2. The molecule has 6 nitrogen and oxygen atoms in total. The van der Waals surface area contributed by atoms with E-state index in [1.54, 1.807) is 0 Å². The Morgan fingerprint density at radius 3 is 2.50 bits per heavy atom. The number of halogens is 1. The topological polar surface area (TPSA) is 74.8 Å². The van der Waals surface area contributed by atoms with Crippen molar-refractivity contribution in [3.8, 4) is 5.75 Å². The average Bonchev–Trinajstić information content (AvgIpc) is 2.58. The summed E-state index contributed by atoms with van der Waals surface area (Å²) in [5, 5.41) is 9.12. The van der Waals surface area contributed by atoms with Crippen molar-refractivity contribution < 1.29 is 9.53 Å². The third kappa shape index (κ3) is 11.1. The van der Waals surface area contributed by atoms with Crippen LogP contribution in [0.15, 0.2) is 35.3 Å². The van der Waals surface area contributed by atoms with Gasteiger partial charge in [0.25, 0.3) is 0 Å². The Morgan fingerprint density at radius 1 is 1.08 bits per heavy atom. The number of nitrogens with zero attached hydrogens (tertiary/aromatic N) is 1. The first-order chi connectivity index (χ1) is 11.3. The summed E-state index contributed by atoms with van der Waals surface area (Å²) in [6.07, 6.45) is 1.77. The van der Waals surface area contributed by atoms with E-state index in [-0.39, 0.29) is 36.4 Å². The normalized spacial score (nSPS) is 10.5. The molecule has 0 radical (unpaired) electrons. The molecule has 0 bridgehead atoms. The van der Waals surface area contributed by atoms with E-state index in [1.165, 1.54) is 0 Å². The minimum Gasteiger partial charge on any atom is -0.494 e. The first-order valence-corrected chi connectivity index (χ1v) is 8.23. The van der Waals surface area contributed by atoms with Crippen LogP contribution in [0.2, 0.25) is 0 Å². The molecule has 0 saturated carbocycles. The van der Waals surface area contributed by atoms with Gasteiger partial charge in [-0.1, -0.05) is 25.1 Å². The molecule has 0 unspecified atom stereocenters. The van der Waals surface area contributed by atoms with Crippen molar-refractivity contribution in [3.05, 3.63) is 30.3 Å². The average molecular weight is 448 g/mol. The third-order valence-electron chi connectivity index (χ3n) is 2.92. The molecule has 0 atom stereocenters. The molecule has 1 aromatic carbocycles. The molecule has 1 rings (SSSR count). The molecule has 24 heavy (non-hydrogen) atoms. The van der Waals surface area contributed by atoms with Gasteiger partial charge in [-0.2, -0.15) is 0 Å². The van der Waals surface area contributed by atoms with E-state index in [9.17, 15) is 4.79 Å². The molecule has 1 aromatic rings. The second kappa shape index (κ2) is 15.0. The Bertz CT molecular complexity index is 469. The van der Waals surface area contributed by atoms with Gasteiger partial charge in [0.05, 0.1) is 6.61 Å². The number of para-hydroxylation sites is 1. The zero-order chi connectivity index (χ0) is 16.8. The van der Waals surface area contributed by atoms with Gasteiger partial charge in [-0.25, -0.2) is 4.99 Å². The third-order valence-corrected chi connectivity index (χ3v) is 2.92. The van der Waals surface area contributed by atoms with Crippen LogP contribution >= 0.6 is 24.0 Å². The van der Waals surface area contributed by atoms with Crippen LogP contribution in [-0.4, -0.2) is 44.7 Å². The van der Waals surface area contributed by atoms with E-state index < -0.39 is 0 Å². The van der Waals surface area contributed by atoms with E-state index >= 15 is 0 Å². The highest BCUT2D eigenvalue weighted by atomic mass is 127. The second-order valence-electron chi connectivity index (χ2n) is 4.99. The zero-order valence-corrected chi connectivity index (χ0v) is 16.8. The van der Waals surface area contributed by atoms with Crippen LogP contribution in [-0.2, 0) is 4.79 Å². The molecule has 3 N–H and O–H groups in total. The number of hydrogen-bond donors (Lipinski definition) is 3. The number of carbonyl (C=O) groups is 1. The number of ether oxygens (including phenoxy) is 1. The monoisotopic (exact) mass is 448 g/mol. The smallest absolute Gasteiger partial charge is 0.241 e. The van der Waals surface area contributed by atoms with Gasteiger partial charge in [0.2, 0.25) is 5.91 Å². The van der Waals surface area contributed by atoms with Crippen molar-refractivity contribution in [1.29, 1.82) is 0 Å². The Kier molecular flexibility index (Phi) is 14.1. The number of nitrogens with one attached hydrogen (secondary N) is 3. The van der Waals surface area contributed by atoms with Crippen LogP contribution in [0.5, 0.6) is 5.75 Å². The number of hydrogen-bond acceptors (Lipinski definition) is 3. The van der Waals surface area contributed by atoms with Crippen molar-refractivity contribution >= 4 is 35.8 Å². The lowest BCUT2D eigenvalue weighted by Crippen LogP contribution is -2.39. The minimum atomic E-state index is -0.0588. The maximum atomic E-state index is 11.6. The summed E-state index contributed by atoms with van der Waals surface area (Å²) in [4.78, 5) is 15.8. The van der Waals surface area contributed by atoms with Gasteiger partial charge < -0.3 is 20.7 Å². The molecular weight excluding hydrogens is 419 g/mol. The molecule has 0 aliphatic heterocycles. The summed E-state index contributed by atoms with van der Waals surface area (Å²) >= 11 is 0. The van der Waals surface area contributed by atoms with E-state index in [0.717, 1.165) is 31.7 Å². The van der Waals surface area contributed by atoms with Crippen LogP contribution in [0, 0.1) is 0 Å². The molecule has 0 heterocycles. The van der Waals surface area contributed by atoms with Gasteiger partial charge in [-0.05, 0) is 31.9 Å². The SMILES string of the molecule is CCCNC(=O)CN=C(NCC)NCCCOc1ccccc1.I. The number of guanidine groups is 1. The van der Waals surface area contributed by atoms with E-state index in [2.05, 4.69) is 20.9 Å². The van der Waals surface area contributed by atoms with E-state index in [4.69, 9.17) is 4.74 Å². The van der Waals surface area contributed by atoms with Crippen LogP contribution in [0.1, 0.15) is 26.7 Å².